The molecular weight excluding hydrogens is 190 g/mol. The van der Waals surface area contributed by atoms with E-state index in [1.54, 1.807) is 0 Å². The van der Waals surface area contributed by atoms with Crippen molar-refractivity contribution in [3.05, 3.63) is 0 Å². The van der Waals surface area contributed by atoms with Crippen LogP contribution in [-0.2, 0) is 4.79 Å². The van der Waals surface area contributed by atoms with Gasteiger partial charge in [0.15, 0.2) is 0 Å². The number of carbonyl (C=O) groups is 1. The summed E-state index contributed by atoms with van der Waals surface area (Å²) in [6.07, 6.45) is 0. The number of rotatable bonds is 2. The van der Waals surface area contributed by atoms with E-state index in [1.165, 1.54) is 0 Å². The summed E-state index contributed by atoms with van der Waals surface area (Å²) in [6, 6.07) is 0.174. The Bertz CT molecular complexity index is 238. The highest BCUT2D eigenvalue weighted by molar-refractivity contribution is 5.82. The lowest BCUT2D eigenvalue weighted by atomic mass is 9.92. The first-order valence-corrected chi connectivity index (χ1v) is 5.61. The van der Waals surface area contributed by atoms with Gasteiger partial charge in [-0.25, -0.2) is 0 Å². The predicted molar refractivity (Wildman–Crippen MR) is 61.5 cm³/mol. The van der Waals surface area contributed by atoms with Gasteiger partial charge < -0.3 is 11.1 Å². The van der Waals surface area contributed by atoms with Crippen molar-refractivity contribution in [2.45, 2.75) is 39.8 Å². The van der Waals surface area contributed by atoms with Crippen LogP contribution >= 0.6 is 0 Å². The van der Waals surface area contributed by atoms with Crippen LogP contribution < -0.4 is 11.1 Å². The van der Waals surface area contributed by atoms with Crippen LogP contribution in [0.4, 0.5) is 0 Å². The molecule has 1 aliphatic rings. The number of nitrogens with two attached hydrogens (primary N) is 1. The van der Waals surface area contributed by atoms with Gasteiger partial charge in [-0.2, -0.15) is 0 Å². The summed E-state index contributed by atoms with van der Waals surface area (Å²) in [6.45, 7) is 10.6. The standard InChI is InChI=1S/C11H23N3O/c1-8(2)14-7-11(3,4)6-13-10(15)9(14)5-12/h8-9H,5-7,12H2,1-4H3,(H,13,15). The molecule has 0 bridgehead atoms. The summed E-state index contributed by atoms with van der Waals surface area (Å²) in [7, 11) is 0. The SMILES string of the molecule is CC(C)N1CC(C)(C)CNC(=O)C1CN. The van der Waals surface area contributed by atoms with Crippen molar-refractivity contribution >= 4 is 5.91 Å². The number of amides is 1. The second-order valence-electron chi connectivity index (χ2n) is 5.40. The van der Waals surface area contributed by atoms with Crippen LogP contribution in [0.1, 0.15) is 27.7 Å². The van der Waals surface area contributed by atoms with Gasteiger partial charge in [0.2, 0.25) is 5.91 Å². The third kappa shape index (κ3) is 2.92. The zero-order valence-electron chi connectivity index (χ0n) is 10.2. The minimum atomic E-state index is -0.174. The maximum Gasteiger partial charge on any atom is 0.238 e. The van der Waals surface area contributed by atoms with E-state index < -0.39 is 0 Å². The summed E-state index contributed by atoms with van der Waals surface area (Å²) in [5.41, 5.74) is 5.79. The molecule has 0 aromatic heterocycles. The van der Waals surface area contributed by atoms with E-state index in [9.17, 15) is 4.79 Å². The Kier molecular flexibility index (Phi) is 3.73. The number of nitrogens with zero attached hydrogens (tertiary/aromatic N) is 1. The van der Waals surface area contributed by atoms with Crippen LogP contribution in [0.25, 0.3) is 0 Å². The maximum absolute atomic E-state index is 11.8. The van der Waals surface area contributed by atoms with Crippen LogP contribution in [0, 0.1) is 5.41 Å². The van der Waals surface area contributed by atoms with E-state index in [2.05, 4.69) is 37.9 Å². The quantitative estimate of drug-likeness (QED) is 0.688. The van der Waals surface area contributed by atoms with Crippen molar-refractivity contribution in [2.75, 3.05) is 19.6 Å². The largest absolute Gasteiger partial charge is 0.354 e. The van der Waals surface area contributed by atoms with Crippen LogP contribution in [-0.4, -0.2) is 42.5 Å². The molecule has 1 fully saturated rings. The Labute approximate surface area is 92.2 Å². The lowest BCUT2D eigenvalue weighted by Crippen LogP contribution is -2.51. The van der Waals surface area contributed by atoms with Gasteiger partial charge in [-0.15, -0.1) is 0 Å². The first-order valence-electron chi connectivity index (χ1n) is 5.61. The zero-order valence-corrected chi connectivity index (χ0v) is 10.2. The second kappa shape index (κ2) is 4.49. The summed E-state index contributed by atoms with van der Waals surface area (Å²) >= 11 is 0. The molecule has 1 rings (SSSR count). The number of carbonyl (C=O) groups excluding carboxylic acids is 1. The number of hydrogen-bond acceptors (Lipinski definition) is 3. The summed E-state index contributed by atoms with van der Waals surface area (Å²) in [4.78, 5) is 14.0. The highest BCUT2D eigenvalue weighted by Crippen LogP contribution is 2.22. The monoisotopic (exact) mass is 213 g/mol. The van der Waals surface area contributed by atoms with Gasteiger partial charge in [-0.3, -0.25) is 9.69 Å². The molecule has 1 heterocycles. The van der Waals surface area contributed by atoms with E-state index in [4.69, 9.17) is 5.73 Å². The van der Waals surface area contributed by atoms with Crippen molar-refractivity contribution in [3.63, 3.8) is 0 Å². The Morgan fingerprint density at radius 3 is 2.67 bits per heavy atom. The van der Waals surface area contributed by atoms with Gasteiger partial charge in [0, 0.05) is 25.7 Å². The highest BCUT2D eigenvalue weighted by Gasteiger charge is 2.35. The van der Waals surface area contributed by atoms with E-state index in [1.807, 2.05) is 0 Å². The molecule has 4 heteroatoms. The summed E-state index contributed by atoms with van der Waals surface area (Å²) < 4.78 is 0. The number of hydrogen-bond donors (Lipinski definition) is 2. The zero-order chi connectivity index (χ0) is 11.6. The van der Waals surface area contributed by atoms with Crippen LogP contribution in [0.2, 0.25) is 0 Å². The Morgan fingerprint density at radius 2 is 2.20 bits per heavy atom. The second-order valence-corrected chi connectivity index (χ2v) is 5.40. The Balaban J connectivity index is 2.89. The molecule has 1 amide bonds. The molecule has 1 aliphatic heterocycles. The first kappa shape index (κ1) is 12.5. The van der Waals surface area contributed by atoms with Crippen molar-refractivity contribution in [1.29, 1.82) is 0 Å². The average molecular weight is 213 g/mol. The predicted octanol–water partition coefficient (Wildman–Crippen LogP) is 0.180. The molecule has 1 saturated heterocycles. The maximum atomic E-state index is 11.8. The molecule has 15 heavy (non-hydrogen) atoms. The van der Waals surface area contributed by atoms with E-state index in [0.717, 1.165) is 13.1 Å². The van der Waals surface area contributed by atoms with Crippen LogP contribution in [0.3, 0.4) is 0 Å². The van der Waals surface area contributed by atoms with Gasteiger partial charge >= 0.3 is 0 Å². The van der Waals surface area contributed by atoms with Crippen molar-refractivity contribution in [3.8, 4) is 0 Å². The van der Waals surface area contributed by atoms with Crippen LogP contribution in [0.15, 0.2) is 0 Å². The molecule has 1 atom stereocenters. The molecule has 0 aromatic carbocycles. The lowest BCUT2D eigenvalue weighted by molar-refractivity contribution is -0.125. The molecule has 0 spiro atoms. The fourth-order valence-corrected chi connectivity index (χ4v) is 2.04. The molecule has 1 unspecified atom stereocenters. The topological polar surface area (TPSA) is 58.4 Å². The van der Waals surface area contributed by atoms with Gasteiger partial charge in [-0.1, -0.05) is 13.8 Å². The van der Waals surface area contributed by atoms with Gasteiger partial charge in [0.25, 0.3) is 0 Å². The fraction of sp³-hybridized carbons (Fsp3) is 0.909. The van der Waals surface area contributed by atoms with Crippen LogP contribution in [0.5, 0.6) is 0 Å². The number of nitrogens with one attached hydrogen (secondary N) is 1. The highest BCUT2D eigenvalue weighted by atomic mass is 16.2. The average Bonchev–Trinajstić information content (AvgIpc) is 2.24. The lowest BCUT2D eigenvalue weighted by Gasteiger charge is -2.35. The third-order valence-electron chi connectivity index (χ3n) is 2.94. The van der Waals surface area contributed by atoms with Gasteiger partial charge in [0.1, 0.15) is 6.04 Å². The minimum absolute atomic E-state index is 0.0665. The molecule has 0 radical (unpaired) electrons. The minimum Gasteiger partial charge on any atom is -0.354 e. The fourth-order valence-electron chi connectivity index (χ4n) is 2.04. The molecular formula is C11H23N3O. The molecule has 88 valence electrons. The molecule has 0 aromatic rings. The van der Waals surface area contributed by atoms with Gasteiger partial charge in [0.05, 0.1) is 0 Å². The molecule has 3 N–H and O–H groups in total. The van der Waals surface area contributed by atoms with E-state index >= 15 is 0 Å². The van der Waals surface area contributed by atoms with Crippen molar-refractivity contribution in [2.24, 2.45) is 11.1 Å². The third-order valence-corrected chi connectivity index (χ3v) is 2.94. The molecule has 4 nitrogen and oxygen atoms in total. The molecule has 0 aliphatic carbocycles. The normalized spacial score (nSPS) is 27.6. The van der Waals surface area contributed by atoms with E-state index in [0.29, 0.717) is 12.6 Å². The van der Waals surface area contributed by atoms with Crippen molar-refractivity contribution in [1.82, 2.24) is 10.2 Å². The first-order chi connectivity index (χ1) is 6.87. The van der Waals surface area contributed by atoms with Gasteiger partial charge in [-0.05, 0) is 19.3 Å². The smallest absolute Gasteiger partial charge is 0.238 e. The molecule has 0 saturated carbocycles. The Morgan fingerprint density at radius 1 is 1.60 bits per heavy atom. The summed E-state index contributed by atoms with van der Waals surface area (Å²) in [5.74, 6) is 0.0665. The van der Waals surface area contributed by atoms with Crippen molar-refractivity contribution < 1.29 is 4.79 Å². The summed E-state index contributed by atoms with van der Waals surface area (Å²) in [5, 5.41) is 2.96. The van der Waals surface area contributed by atoms with E-state index in [-0.39, 0.29) is 17.4 Å². The Hall–Kier alpha value is -0.610.